The van der Waals surface area contributed by atoms with Crippen LogP contribution in [0, 0.1) is 5.82 Å². The van der Waals surface area contributed by atoms with Crippen molar-refractivity contribution in [3.8, 4) is 0 Å². The quantitative estimate of drug-likeness (QED) is 0.766. The maximum absolute atomic E-state index is 13.1. The van der Waals surface area contributed by atoms with Gasteiger partial charge in [0, 0.05) is 31.1 Å². The first-order valence-corrected chi connectivity index (χ1v) is 6.81. The third-order valence-electron chi connectivity index (χ3n) is 3.59. The largest absolute Gasteiger partial charge is 0.378 e. The first-order valence-electron chi connectivity index (χ1n) is 6.81. The molecule has 0 aromatic heterocycles. The lowest BCUT2D eigenvalue weighted by Crippen LogP contribution is -2.45. The van der Waals surface area contributed by atoms with Crippen LogP contribution in [0.25, 0.3) is 0 Å². The molecule has 0 amide bonds. The van der Waals surface area contributed by atoms with Gasteiger partial charge in [-0.2, -0.15) is 0 Å². The van der Waals surface area contributed by atoms with Crippen LogP contribution in [0.4, 0.5) is 4.39 Å². The van der Waals surface area contributed by atoms with E-state index in [0.717, 1.165) is 32.7 Å². The molecule has 0 N–H and O–H groups in total. The van der Waals surface area contributed by atoms with Crippen LogP contribution < -0.4 is 0 Å². The number of benzene rings is 1. The molecule has 1 saturated heterocycles. The van der Waals surface area contributed by atoms with Crippen molar-refractivity contribution in [2.75, 3.05) is 26.3 Å². The lowest BCUT2D eigenvalue weighted by molar-refractivity contribution is -0.00839. The number of ketones is 1. The molecular weight excluding hydrogens is 245 g/mol. The van der Waals surface area contributed by atoms with Gasteiger partial charge >= 0.3 is 0 Å². The van der Waals surface area contributed by atoms with E-state index < -0.39 is 0 Å². The average molecular weight is 265 g/mol. The molecule has 0 aliphatic carbocycles. The molecule has 1 aliphatic heterocycles. The summed E-state index contributed by atoms with van der Waals surface area (Å²) in [6, 6.07) is 6.30. The maximum Gasteiger partial charge on any atom is 0.164 e. The van der Waals surface area contributed by atoms with Crippen molar-refractivity contribution in [3.63, 3.8) is 0 Å². The van der Waals surface area contributed by atoms with Gasteiger partial charge in [0.15, 0.2) is 5.78 Å². The molecule has 2 rings (SSSR count). The molecule has 0 saturated carbocycles. The molecule has 1 atom stereocenters. The van der Waals surface area contributed by atoms with Gasteiger partial charge in [-0.15, -0.1) is 0 Å². The fourth-order valence-corrected chi connectivity index (χ4v) is 2.41. The number of nitrogens with zero attached hydrogens (tertiary/aromatic N) is 1. The van der Waals surface area contributed by atoms with E-state index in [0.29, 0.717) is 18.0 Å². The Hall–Kier alpha value is -1.26. The normalized spacial score (nSPS) is 20.4. The van der Waals surface area contributed by atoms with Crippen LogP contribution in [-0.2, 0) is 4.74 Å². The van der Waals surface area contributed by atoms with Gasteiger partial charge < -0.3 is 4.74 Å². The second kappa shape index (κ2) is 6.78. The monoisotopic (exact) mass is 265 g/mol. The van der Waals surface area contributed by atoms with E-state index >= 15 is 0 Å². The summed E-state index contributed by atoms with van der Waals surface area (Å²) < 4.78 is 18.5. The Morgan fingerprint density at radius 3 is 3.11 bits per heavy atom. The minimum absolute atomic E-state index is 0.000782. The lowest BCUT2D eigenvalue weighted by Gasteiger charge is -2.34. The predicted octanol–water partition coefficient (Wildman–Crippen LogP) is 2.51. The second-order valence-corrected chi connectivity index (χ2v) is 4.86. The van der Waals surface area contributed by atoms with Crippen LogP contribution in [0.1, 0.15) is 30.1 Å². The summed E-state index contributed by atoms with van der Waals surface area (Å²) in [5.41, 5.74) is 0.460. The van der Waals surface area contributed by atoms with Gasteiger partial charge in [-0.3, -0.25) is 9.69 Å². The Bertz CT molecular complexity index is 436. The van der Waals surface area contributed by atoms with Crippen molar-refractivity contribution in [3.05, 3.63) is 35.6 Å². The minimum Gasteiger partial charge on any atom is -0.378 e. The number of carbonyl (C=O) groups is 1. The summed E-state index contributed by atoms with van der Waals surface area (Å²) in [6.45, 7) is 5.18. The zero-order valence-electron chi connectivity index (χ0n) is 11.3. The topological polar surface area (TPSA) is 29.5 Å². The summed E-state index contributed by atoms with van der Waals surface area (Å²) in [6.07, 6.45) is 1.45. The standard InChI is InChI=1S/C15H20FNO2/c1-2-14-11-19-9-8-17(14)7-6-15(18)12-4-3-5-13(16)10-12/h3-5,10,14H,2,6-9,11H2,1H3. The zero-order chi connectivity index (χ0) is 13.7. The number of carbonyl (C=O) groups excluding carboxylic acids is 1. The van der Waals surface area contributed by atoms with E-state index in [1.807, 2.05) is 0 Å². The Balaban J connectivity index is 1.89. The Morgan fingerprint density at radius 2 is 2.37 bits per heavy atom. The van der Waals surface area contributed by atoms with Crippen LogP contribution in [0.2, 0.25) is 0 Å². The number of rotatable bonds is 5. The highest BCUT2D eigenvalue weighted by Crippen LogP contribution is 2.12. The number of Topliss-reactive ketones (excluding diaryl/α,β-unsaturated/α-hetero) is 1. The van der Waals surface area contributed by atoms with Crippen LogP contribution >= 0.6 is 0 Å². The highest BCUT2D eigenvalue weighted by atomic mass is 19.1. The van der Waals surface area contributed by atoms with E-state index in [9.17, 15) is 9.18 Å². The number of halogens is 1. The van der Waals surface area contributed by atoms with Gasteiger partial charge in [0.25, 0.3) is 0 Å². The molecule has 1 fully saturated rings. The molecule has 1 heterocycles. The van der Waals surface area contributed by atoms with Crippen molar-refractivity contribution in [1.29, 1.82) is 0 Å². The average Bonchev–Trinajstić information content (AvgIpc) is 2.45. The molecule has 4 heteroatoms. The summed E-state index contributed by atoms with van der Waals surface area (Å²) in [4.78, 5) is 14.3. The molecule has 1 aromatic carbocycles. The van der Waals surface area contributed by atoms with Gasteiger partial charge in [0.05, 0.1) is 13.2 Å². The fourth-order valence-electron chi connectivity index (χ4n) is 2.41. The summed E-state index contributed by atoms with van der Waals surface area (Å²) in [7, 11) is 0. The fraction of sp³-hybridized carbons (Fsp3) is 0.533. The Morgan fingerprint density at radius 1 is 1.53 bits per heavy atom. The van der Waals surface area contributed by atoms with E-state index in [1.54, 1.807) is 12.1 Å². The van der Waals surface area contributed by atoms with Crippen molar-refractivity contribution >= 4 is 5.78 Å². The van der Waals surface area contributed by atoms with Crippen molar-refractivity contribution in [2.24, 2.45) is 0 Å². The van der Waals surface area contributed by atoms with E-state index in [-0.39, 0.29) is 11.6 Å². The summed E-state index contributed by atoms with van der Waals surface area (Å²) in [5, 5.41) is 0. The van der Waals surface area contributed by atoms with Gasteiger partial charge in [0.2, 0.25) is 0 Å². The third kappa shape index (κ3) is 3.85. The van der Waals surface area contributed by atoms with Crippen molar-refractivity contribution < 1.29 is 13.9 Å². The smallest absolute Gasteiger partial charge is 0.164 e. The predicted molar refractivity (Wildman–Crippen MR) is 71.8 cm³/mol. The van der Waals surface area contributed by atoms with Gasteiger partial charge in [-0.05, 0) is 18.6 Å². The summed E-state index contributed by atoms with van der Waals surface area (Å²) in [5.74, 6) is -0.357. The minimum atomic E-state index is -0.358. The molecule has 0 spiro atoms. The van der Waals surface area contributed by atoms with E-state index in [1.165, 1.54) is 12.1 Å². The van der Waals surface area contributed by atoms with Crippen molar-refractivity contribution in [1.82, 2.24) is 4.90 Å². The lowest BCUT2D eigenvalue weighted by atomic mass is 10.1. The van der Waals surface area contributed by atoms with Gasteiger partial charge in [-0.25, -0.2) is 4.39 Å². The third-order valence-corrected chi connectivity index (χ3v) is 3.59. The van der Waals surface area contributed by atoms with Crippen LogP contribution in [0.3, 0.4) is 0 Å². The second-order valence-electron chi connectivity index (χ2n) is 4.86. The number of hydrogen-bond acceptors (Lipinski definition) is 3. The molecule has 3 nitrogen and oxygen atoms in total. The molecule has 19 heavy (non-hydrogen) atoms. The zero-order valence-corrected chi connectivity index (χ0v) is 11.3. The number of ether oxygens (including phenoxy) is 1. The number of hydrogen-bond donors (Lipinski definition) is 0. The molecule has 0 radical (unpaired) electrons. The van der Waals surface area contributed by atoms with Gasteiger partial charge in [-0.1, -0.05) is 19.1 Å². The molecule has 0 bridgehead atoms. The van der Waals surface area contributed by atoms with Crippen LogP contribution in [0.5, 0.6) is 0 Å². The Kier molecular flexibility index (Phi) is 5.05. The highest BCUT2D eigenvalue weighted by Gasteiger charge is 2.21. The first kappa shape index (κ1) is 14.2. The molecule has 1 unspecified atom stereocenters. The molecule has 1 aliphatic rings. The maximum atomic E-state index is 13.1. The van der Waals surface area contributed by atoms with E-state index in [4.69, 9.17) is 4.74 Å². The summed E-state index contributed by atoms with van der Waals surface area (Å²) >= 11 is 0. The van der Waals surface area contributed by atoms with Crippen LogP contribution in [-0.4, -0.2) is 43.0 Å². The van der Waals surface area contributed by atoms with Crippen LogP contribution in [0.15, 0.2) is 24.3 Å². The molecular formula is C15H20FNO2. The first-order chi connectivity index (χ1) is 9.20. The SMILES string of the molecule is CCC1COCCN1CCC(=O)c1cccc(F)c1. The molecule has 104 valence electrons. The van der Waals surface area contributed by atoms with Gasteiger partial charge in [0.1, 0.15) is 5.82 Å². The number of morpholine rings is 1. The van der Waals surface area contributed by atoms with Crippen molar-refractivity contribution in [2.45, 2.75) is 25.8 Å². The highest BCUT2D eigenvalue weighted by molar-refractivity contribution is 5.96. The Labute approximate surface area is 113 Å². The molecule has 1 aromatic rings. The van der Waals surface area contributed by atoms with E-state index in [2.05, 4.69) is 11.8 Å².